The van der Waals surface area contributed by atoms with Gasteiger partial charge in [-0.3, -0.25) is 9.59 Å². The number of ether oxygens (including phenoxy) is 2. The third-order valence-corrected chi connectivity index (χ3v) is 4.24. The Bertz CT molecular complexity index is 489. The Hall–Kier alpha value is -1.84. The number of methoxy groups -OCH3 is 2. The molecule has 0 aliphatic heterocycles. The number of carbonyl (C=O) groups excluding carboxylic acids is 2. The third-order valence-electron chi connectivity index (χ3n) is 4.24. The molecule has 0 saturated heterocycles. The van der Waals surface area contributed by atoms with Crippen LogP contribution in [0.5, 0.6) is 0 Å². The maximum absolute atomic E-state index is 12.4. The molecule has 0 unspecified atom stereocenters. The smallest absolute Gasteiger partial charge is 0.323 e. The Kier molecular flexibility index (Phi) is 7.79. The Labute approximate surface area is 139 Å². The quantitative estimate of drug-likeness (QED) is 0.394. The van der Waals surface area contributed by atoms with Crippen molar-refractivity contribution in [1.82, 2.24) is 0 Å². The van der Waals surface area contributed by atoms with E-state index in [2.05, 4.69) is 6.92 Å². The molecular weight excluding hydrogens is 292 g/mol. The molecule has 1 rings (SSSR count). The van der Waals surface area contributed by atoms with Crippen LogP contribution in [0, 0.1) is 12.3 Å². The normalized spacial score (nSPS) is 11.1. The summed E-state index contributed by atoms with van der Waals surface area (Å²) in [7, 11) is 2.64. The van der Waals surface area contributed by atoms with Crippen molar-refractivity contribution >= 4 is 11.9 Å². The topological polar surface area (TPSA) is 52.6 Å². The van der Waals surface area contributed by atoms with Gasteiger partial charge in [-0.1, -0.05) is 62.4 Å². The van der Waals surface area contributed by atoms with Crippen LogP contribution in [0.3, 0.4) is 0 Å². The van der Waals surface area contributed by atoms with Gasteiger partial charge in [-0.2, -0.15) is 0 Å². The molecule has 0 heterocycles. The molecule has 23 heavy (non-hydrogen) atoms. The fourth-order valence-corrected chi connectivity index (χ4v) is 2.82. The minimum absolute atomic E-state index is 0.304. The minimum atomic E-state index is -1.26. The molecule has 0 atom stereocenters. The number of esters is 2. The van der Waals surface area contributed by atoms with E-state index in [4.69, 9.17) is 9.47 Å². The molecule has 0 aliphatic carbocycles. The van der Waals surface area contributed by atoms with Crippen LogP contribution in [0.2, 0.25) is 0 Å². The number of aryl methyl sites for hydroxylation is 1. The van der Waals surface area contributed by atoms with Gasteiger partial charge < -0.3 is 9.47 Å². The van der Waals surface area contributed by atoms with Crippen LogP contribution in [0.25, 0.3) is 0 Å². The van der Waals surface area contributed by atoms with Crippen LogP contribution < -0.4 is 0 Å². The summed E-state index contributed by atoms with van der Waals surface area (Å²) in [6, 6.07) is 7.85. The van der Waals surface area contributed by atoms with Crippen molar-refractivity contribution in [3.8, 4) is 0 Å². The van der Waals surface area contributed by atoms with Crippen LogP contribution in [0.4, 0.5) is 0 Å². The first kappa shape index (κ1) is 19.2. The molecule has 1 aromatic rings. The Morgan fingerprint density at radius 2 is 1.52 bits per heavy atom. The van der Waals surface area contributed by atoms with Gasteiger partial charge >= 0.3 is 11.9 Å². The second-order valence-corrected chi connectivity index (χ2v) is 6.04. The van der Waals surface area contributed by atoms with Gasteiger partial charge in [-0.25, -0.2) is 0 Å². The van der Waals surface area contributed by atoms with E-state index < -0.39 is 17.4 Å². The Morgan fingerprint density at radius 1 is 0.957 bits per heavy atom. The van der Waals surface area contributed by atoms with E-state index >= 15 is 0 Å². The summed E-state index contributed by atoms with van der Waals surface area (Å²) in [6.45, 7) is 4.13. The Morgan fingerprint density at radius 3 is 2.00 bits per heavy atom. The molecule has 0 N–H and O–H groups in total. The van der Waals surface area contributed by atoms with E-state index in [1.165, 1.54) is 14.2 Å². The molecule has 0 spiro atoms. The van der Waals surface area contributed by atoms with Crippen molar-refractivity contribution in [2.24, 2.45) is 5.41 Å². The summed E-state index contributed by atoms with van der Waals surface area (Å²) >= 11 is 0. The minimum Gasteiger partial charge on any atom is -0.468 e. The van der Waals surface area contributed by atoms with E-state index in [-0.39, 0.29) is 0 Å². The van der Waals surface area contributed by atoms with Crippen LogP contribution in [0.15, 0.2) is 24.3 Å². The lowest BCUT2D eigenvalue weighted by molar-refractivity contribution is -0.169. The predicted octanol–water partition coefficient (Wildman–Crippen LogP) is 3.84. The maximum Gasteiger partial charge on any atom is 0.323 e. The molecule has 128 valence electrons. The van der Waals surface area contributed by atoms with Gasteiger partial charge in [0.15, 0.2) is 5.41 Å². The second-order valence-electron chi connectivity index (χ2n) is 6.04. The van der Waals surface area contributed by atoms with Gasteiger partial charge in [0.05, 0.1) is 14.2 Å². The molecule has 0 bridgehead atoms. The first-order valence-corrected chi connectivity index (χ1v) is 8.22. The lowest BCUT2D eigenvalue weighted by Gasteiger charge is -2.28. The summed E-state index contributed by atoms with van der Waals surface area (Å²) < 4.78 is 9.90. The molecule has 4 nitrogen and oxygen atoms in total. The zero-order valence-corrected chi connectivity index (χ0v) is 14.7. The van der Waals surface area contributed by atoms with E-state index in [1.807, 2.05) is 31.2 Å². The van der Waals surface area contributed by atoms with Crippen molar-refractivity contribution in [2.75, 3.05) is 14.2 Å². The van der Waals surface area contributed by atoms with Gasteiger partial charge in [0.2, 0.25) is 0 Å². The van der Waals surface area contributed by atoms with Crippen molar-refractivity contribution in [2.45, 2.75) is 52.4 Å². The van der Waals surface area contributed by atoms with Gasteiger partial charge in [-0.15, -0.1) is 0 Å². The van der Waals surface area contributed by atoms with E-state index in [0.29, 0.717) is 12.8 Å². The van der Waals surface area contributed by atoms with Crippen LogP contribution in [0.1, 0.15) is 50.2 Å². The van der Waals surface area contributed by atoms with E-state index in [9.17, 15) is 9.59 Å². The summed E-state index contributed by atoms with van der Waals surface area (Å²) in [4.78, 5) is 24.9. The van der Waals surface area contributed by atoms with Crippen molar-refractivity contribution in [3.63, 3.8) is 0 Å². The highest BCUT2D eigenvalue weighted by Crippen LogP contribution is 2.33. The van der Waals surface area contributed by atoms with Gasteiger partial charge in [-0.05, 0) is 25.3 Å². The molecule has 0 aliphatic rings. The first-order valence-electron chi connectivity index (χ1n) is 8.22. The van der Waals surface area contributed by atoms with Gasteiger partial charge in [0, 0.05) is 0 Å². The standard InChI is InChI=1S/C19H28O4/c1-5-6-7-8-13-19(17(20)22-3,18(21)23-4)14-16-11-9-15(2)10-12-16/h9-12H,5-8,13-14H2,1-4H3. The van der Waals surface area contributed by atoms with Gasteiger partial charge in [0.25, 0.3) is 0 Å². The molecule has 0 radical (unpaired) electrons. The zero-order chi connectivity index (χ0) is 17.3. The highest BCUT2D eigenvalue weighted by molar-refractivity contribution is 6.00. The largest absolute Gasteiger partial charge is 0.468 e. The molecule has 0 fully saturated rings. The molecule has 0 amide bonds. The SMILES string of the molecule is CCCCCCC(Cc1ccc(C)cc1)(C(=O)OC)C(=O)OC. The predicted molar refractivity (Wildman–Crippen MR) is 90.1 cm³/mol. The highest BCUT2D eigenvalue weighted by atomic mass is 16.5. The van der Waals surface area contributed by atoms with Crippen LogP contribution >= 0.6 is 0 Å². The Balaban J connectivity index is 3.06. The van der Waals surface area contributed by atoms with E-state index in [0.717, 1.165) is 36.8 Å². The summed E-state index contributed by atoms with van der Waals surface area (Å²) in [6.07, 6.45) is 4.72. The monoisotopic (exact) mass is 320 g/mol. The fourth-order valence-electron chi connectivity index (χ4n) is 2.82. The number of benzene rings is 1. The average Bonchev–Trinajstić information content (AvgIpc) is 2.58. The maximum atomic E-state index is 12.4. The van der Waals surface area contributed by atoms with Crippen LogP contribution in [-0.2, 0) is 25.5 Å². The lowest BCUT2D eigenvalue weighted by atomic mass is 9.77. The number of hydrogen-bond donors (Lipinski definition) is 0. The number of carbonyl (C=O) groups is 2. The molecule has 4 heteroatoms. The molecule has 0 saturated carbocycles. The summed E-state index contributed by atoms with van der Waals surface area (Å²) in [5, 5.41) is 0. The molecule has 1 aromatic carbocycles. The first-order chi connectivity index (χ1) is 11.0. The average molecular weight is 320 g/mol. The van der Waals surface area contributed by atoms with Crippen molar-refractivity contribution in [3.05, 3.63) is 35.4 Å². The van der Waals surface area contributed by atoms with Crippen LogP contribution in [-0.4, -0.2) is 26.2 Å². The number of rotatable bonds is 9. The third kappa shape index (κ3) is 5.08. The summed E-state index contributed by atoms with van der Waals surface area (Å²) in [5.41, 5.74) is 0.812. The molecule has 0 aromatic heterocycles. The summed E-state index contributed by atoms with van der Waals surface area (Å²) in [5.74, 6) is -1.03. The fraction of sp³-hybridized carbons (Fsp3) is 0.579. The van der Waals surface area contributed by atoms with E-state index in [1.54, 1.807) is 0 Å². The lowest BCUT2D eigenvalue weighted by Crippen LogP contribution is -2.43. The highest BCUT2D eigenvalue weighted by Gasteiger charge is 2.47. The van der Waals surface area contributed by atoms with Gasteiger partial charge in [0.1, 0.15) is 0 Å². The van der Waals surface area contributed by atoms with Crippen molar-refractivity contribution in [1.29, 1.82) is 0 Å². The second kappa shape index (κ2) is 9.33. The van der Waals surface area contributed by atoms with Crippen molar-refractivity contribution < 1.29 is 19.1 Å². The number of hydrogen-bond acceptors (Lipinski definition) is 4. The molecular formula is C19H28O4. The number of unbranched alkanes of at least 4 members (excludes halogenated alkanes) is 3. The zero-order valence-electron chi connectivity index (χ0n) is 14.7.